The highest BCUT2D eigenvalue weighted by Gasteiger charge is 2.29. The molecule has 0 saturated carbocycles. The highest BCUT2D eigenvalue weighted by atomic mass is 16.6. The Labute approximate surface area is 93.7 Å². The van der Waals surface area contributed by atoms with E-state index in [0.29, 0.717) is 0 Å². The Balaban J connectivity index is 4.34. The molecule has 1 atom stereocenters. The van der Waals surface area contributed by atoms with Gasteiger partial charge in [0, 0.05) is 5.41 Å². The molecule has 0 heterocycles. The fourth-order valence-electron chi connectivity index (χ4n) is 1.36. The Morgan fingerprint density at radius 3 is 1.88 bits per heavy atom. The third kappa shape index (κ3) is 6.88. The third-order valence-corrected chi connectivity index (χ3v) is 1.91. The fourth-order valence-corrected chi connectivity index (χ4v) is 1.36. The maximum Gasteiger partial charge on any atom is 0.404 e. The minimum atomic E-state index is -0.920. The summed E-state index contributed by atoms with van der Waals surface area (Å²) < 4.78 is 9.27. The zero-order chi connectivity index (χ0) is 12.8. The molecule has 0 bridgehead atoms. The Kier molecular flexibility index (Phi) is 5.59. The van der Waals surface area contributed by atoms with Crippen LogP contribution < -0.4 is 11.5 Å². The zero-order valence-electron chi connectivity index (χ0n) is 9.43. The molecule has 0 aromatic carbocycles. The average molecular weight is 234 g/mol. The Morgan fingerprint density at radius 2 is 1.62 bits per heavy atom. The van der Waals surface area contributed by atoms with E-state index in [4.69, 9.17) is 11.5 Å². The van der Waals surface area contributed by atoms with Gasteiger partial charge in [0.1, 0.15) is 13.2 Å². The number of ether oxygens (including phenoxy) is 2. The van der Waals surface area contributed by atoms with E-state index in [-0.39, 0.29) is 19.6 Å². The Bertz CT molecular complexity index is 236. The molecule has 0 aliphatic rings. The van der Waals surface area contributed by atoms with Crippen LogP contribution in [0.1, 0.15) is 20.3 Å². The first kappa shape index (κ1) is 14.5. The molecule has 0 aliphatic heterocycles. The van der Waals surface area contributed by atoms with Gasteiger partial charge in [0.05, 0.1) is 6.10 Å². The molecule has 0 radical (unpaired) electrons. The first-order valence-electron chi connectivity index (χ1n) is 4.78. The number of primary amides is 2. The summed E-state index contributed by atoms with van der Waals surface area (Å²) in [4.78, 5) is 20.9. The van der Waals surface area contributed by atoms with E-state index in [9.17, 15) is 14.7 Å². The molecule has 0 aliphatic carbocycles. The molecular formula is C9H18N2O5. The lowest BCUT2D eigenvalue weighted by atomic mass is 9.86. The molecule has 0 fully saturated rings. The number of carbonyl (C=O) groups is 2. The lowest BCUT2D eigenvalue weighted by Crippen LogP contribution is -2.36. The molecule has 5 N–H and O–H groups in total. The predicted octanol–water partition coefficient (Wildman–Crippen LogP) is -0.0458. The van der Waals surface area contributed by atoms with Crippen molar-refractivity contribution in [2.24, 2.45) is 16.9 Å². The van der Waals surface area contributed by atoms with Crippen LogP contribution in [0.3, 0.4) is 0 Å². The van der Waals surface area contributed by atoms with Crippen molar-refractivity contribution in [3.05, 3.63) is 0 Å². The van der Waals surface area contributed by atoms with Gasteiger partial charge in [0.15, 0.2) is 0 Å². The minimum absolute atomic E-state index is 0.0550. The summed E-state index contributed by atoms with van der Waals surface area (Å²) in [6.07, 6.45) is -2.18. The van der Waals surface area contributed by atoms with Crippen LogP contribution in [0.5, 0.6) is 0 Å². The van der Waals surface area contributed by atoms with Crippen molar-refractivity contribution < 1.29 is 24.2 Å². The summed E-state index contributed by atoms with van der Waals surface area (Å²) >= 11 is 0. The second-order valence-corrected chi connectivity index (χ2v) is 4.08. The zero-order valence-corrected chi connectivity index (χ0v) is 9.43. The van der Waals surface area contributed by atoms with Crippen LogP contribution in [0.2, 0.25) is 0 Å². The number of amides is 2. The maximum atomic E-state index is 10.5. The SMILES string of the molecule is C[C@H](O)CC(C)(COC(N)=O)COC(N)=O. The van der Waals surface area contributed by atoms with Crippen LogP contribution in [-0.2, 0) is 9.47 Å². The van der Waals surface area contributed by atoms with Crippen LogP contribution in [0.15, 0.2) is 0 Å². The largest absolute Gasteiger partial charge is 0.449 e. The minimum Gasteiger partial charge on any atom is -0.449 e. The van der Waals surface area contributed by atoms with E-state index in [0.717, 1.165) is 0 Å². The number of hydrogen-bond acceptors (Lipinski definition) is 5. The molecule has 94 valence electrons. The standard InChI is InChI=1S/C9H18N2O5/c1-6(12)3-9(2,4-15-7(10)13)5-16-8(11)14/h6,12H,3-5H2,1-2H3,(H2,10,13)(H2,11,14)/t6-/m0/s1. The lowest BCUT2D eigenvalue weighted by Gasteiger charge is -2.28. The van der Waals surface area contributed by atoms with E-state index in [1.54, 1.807) is 13.8 Å². The summed E-state index contributed by atoms with van der Waals surface area (Å²) in [7, 11) is 0. The summed E-state index contributed by atoms with van der Waals surface area (Å²) in [5.41, 5.74) is 8.95. The summed E-state index contributed by atoms with van der Waals surface area (Å²) in [6, 6.07) is 0. The lowest BCUT2D eigenvalue weighted by molar-refractivity contribution is 0.0103. The number of carbonyl (C=O) groups excluding carboxylic acids is 2. The van der Waals surface area contributed by atoms with E-state index in [1.807, 2.05) is 0 Å². The van der Waals surface area contributed by atoms with Crippen molar-refractivity contribution in [1.29, 1.82) is 0 Å². The number of aliphatic hydroxyl groups excluding tert-OH is 1. The van der Waals surface area contributed by atoms with Gasteiger partial charge in [-0.3, -0.25) is 0 Å². The molecule has 0 aromatic rings. The van der Waals surface area contributed by atoms with Crippen molar-refractivity contribution in [3.63, 3.8) is 0 Å². The van der Waals surface area contributed by atoms with Crippen LogP contribution in [-0.4, -0.2) is 36.6 Å². The normalized spacial score (nSPS) is 12.9. The highest BCUT2D eigenvalue weighted by molar-refractivity contribution is 5.65. The van der Waals surface area contributed by atoms with E-state index in [1.165, 1.54) is 0 Å². The highest BCUT2D eigenvalue weighted by Crippen LogP contribution is 2.24. The van der Waals surface area contributed by atoms with Gasteiger partial charge in [0.25, 0.3) is 0 Å². The van der Waals surface area contributed by atoms with Crippen molar-refractivity contribution in [3.8, 4) is 0 Å². The molecule has 0 aromatic heterocycles. The summed E-state index contributed by atoms with van der Waals surface area (Å²) in [5.74, 6) is 0. The van der Waals surface area contributed by atoms with Crippen LogP contribution in [0, 0.1) is 5.41 Å². The van der Waals surface area contributed by atoms with Crippen molar-refractivity contribution in [1.82, 2.24) is 0 Å². The van der Waals surface area contributed by atoms with Gasteiger partial charge < -0.3 is 26.0 Å². The van der Waals surface area contributed by atoms with Gasteiger partial charge in [-0.05, 0) is 13.3 Å². The topological polar surface area (TPSA) is 125 Å². The molecular weight excluding hydrogens is 216 g/mol. The van der Waals surface area contributed by atoms with Gasteiger partial charge in [-0.15, -0.1) is 0 Å². The van der Waals surface area contributed by atoms with Gasteiger partial charge in [-0.2, -0.15) is 0 Å². The number of hydrogen-bond donors (Lipinski definition) is 3. The van der Waals surface area contributed by atoms with Crippen molar-refractivity contribution >= 4 is 12.2 Å². The quantitative estimate of drug-likeness (QED) is 0.594. The Morgan fingerprint density at radius 1 is 1.25 bits per heavy atom. The van der Waals surface area contributed by atoms with Crippen LogP contribution in [0.25, 0.3) is 0 Å². The van der Waals surface area contributed by atoms with Gasteiger partial charge in [-0.1, -0.05) is 6.92 Å². The van der Waals surface area contributed by atoms with E-state index >= 15 is 0 Å². The van der Waals surface area contributed by atoms with Gasteiger partial charge in [0.2, 0.25) is 0 Å². The smallest absolute Gasteiger partial charge is 0.404 e. The molecule has 0 unspecified atom stereocenters. The van der Waals surface area contributed by atoms with Crippen LogP contribution in [0.4, 0.5) is 9.59 Å². The van der Waals surface area contributed by atoms with E-state index in [2.05, 4.69) is 9.47 Å². The van der Waals surface area contributed by atoms with Gasteiger partial charge >= 0.3 is 12.2 Å². The van der Waals surface area contributed by atoms with E-state index < -0.39 is 23.7 Å². The van der Waals surface area contributed by atoms with Crippen LogP contribution >= 0.6 is 0 Å². The predicted molar refractivity (Wildman–Crippen MR) is 55.5 cm³/mol. The molecule has 0 rings (SSSR count). The number of nitrogens with two attached hydrogens (primary N) is 2. The van der Waals surface area contributed by atoms with Gasteiger partial charge in [-0.25, -0.2) is 9.59 Å². The molecule has 7 nitrogen and oxygen atoms in total. The molecule has 0 spiro atoms. The first-order valence-corrected chi connectivity index (χ1v) is 4.78. The maximum absolute atomic E-state index is 10.5. The Hall–Kier alpha value is -1.50. The fraction of sp³-hybridized carbons (Fsp3) is 0.778. The second-order valence-electron chi connectivity index (χ2n) is 4.08. The summed E-state index contributed by atoms with van der Waals surface area (Å²) in [5, 5.41) is 9.27. The molecule has 7 heteroatoms. The molecule has 16 heavy (non-hydrogen) atoms. The molecule has 0 saturated heterocycles. The molecule has 2 amide bonds. The second kappa shape index (κ2) is 6.16. The summed E-state index contributed by atoms with van der Waals surface area (Å²) in [6.45, 7) is 3.15. The third-order valence-electron chi connectivity index (χ3n) is 1.91. The monoisotopic (exact) mass is 234 g/mol. The van der Waals surface area contributed by atoms with Crippen molar-refractivity contribution in [2.45, 2.75) is 26.4 Å². The number of aliphatic hydroxyl groups is 1. The van der Waals surface area contributed by atoms with Crippen molar-refractivity contribution in [2.75, 3.05) is 13.2 Å². The average Bonchev–Trinajstić information content (AvgIpc) is 2.11. The first-order chi connectivity index (χ1) is 7.25. The number of rotatable bonds is 6.